The zero-order valence-electron chi connectivity index (χ0n) is 15.8. The van der Waals surface area contributed by atoms with E-state index in [4.69, 9.17) is 0 Å². The molecule has 6 heteroatoms. The molecule has 2 aromatic carbocycles. The minimum atomic E-state index is -3.47. The second kappa shape index (κ2) is 8.39. The number of aryl methyl sites for hydroxylation is 1. The predicted octanol–water partition coefficient (Wildman–Crippen LogP) is 5.35. The number of aromatic amines is 1. The van der Waals surface area contributed by atoms with E-state index in [9.17, 15) is 8.42 Å². The molecular weight excluding hydrogens is 436 g/mol. The summed E-state index contributed by atoms with van der Waals surface area (Å²) in [7, 11) is -3.47. The summed E-state index contributed by atoms with van der Waals surface area (Å²) in [5, 5.41) is 0.749. The van der Waals surface area contributed by atoms with Gasteiger partial charge < -0.3 is 4.98 Å². The molecule has 2 heterocycles. The van der Waals surface area contributed by atoms with E-state index >= 15 is 0 Å². The van der Waals surface area contributed by atoms with Crippen molar-refractivity contribution in [3.63, 3.8) is 0 Å². The summed E-state index contributed by atoms with van der Waals surface area (Å²) >= 11 is 3.44. The summed E-state index contributed by atoms with van der Waals surface area (Å²) in [5.41, 5.74) is 2.23. The number of hydrogen-bond acceptors (Lipinski definition) is 2. The molecule has 0 spiro atoms. The van der Waals surface area contributed by atoms with Crippen molar-refractivity contribution in [1.82, 2.24) is 9.29 Å². The van der Waals surface area contributed by atoms with Crippen LogP contribution in [-0.4, -0.2) is 30.8 Å². The number of hydrogen-bond donors (Lipinski definition) is 1. The maximum absolute atomic E-state index is 13.2. The lowest BCUT2D eigenvalue weighted by Crippen LogP contribution is -2.38. The van der Waals surface area contributed by atoms with Crippen LogP contribution in [0.25, 0.3) is 10.9 Å². The third-order valence-corrected chi connectivity index (χ3v) is 8.15. The third kappa shape index (κ3) is 4.19. The molecule has 1 aliphatic rings. The Balaban J connectivity index is 1.36. The number of benzene rings is 2. The van der Waals surface area contributed by atoms with Crippen molar-refractivity contribution in [3.8, 4) is 0 Å². The van der Waals surface area contributed by atoms with Crippen LogP contribution < -0.4 is 0 Å². The van der Waals surface area contributed by atoms with Crippen LogP contribution in [0.2, 0.25) is 0 Å². The number of fused-ring (bicyclic) bond motifs is 1. The first kappa shape index (κ1) is 19.7. The Morgan fingerprint density at radius 3 is 2.57 bits per heavy atom. The van der Waals surface area contributed by atoms with Gasteiger partial charge >= 0.3 is 0 Å². The summed E-state index contributed by atoms with van der Waals surface area (Å²) < 4.78 is 28.9. The average molecular weight is 461 g/mol. The number of H-pyrrole nitrogens is 1. The molecule has 0 bridgehead atoms. The standard InChI is InChI=1S/C22H25BrN2O2S/c23-19-9-10-21-20(15-19)22(16-24-21)28(26,27)25-13-11-18(12-14-25)8-4-7-17-5-2-1-3-6-17/h1-3,5-6,9-10,15-16,18,24H,4,7-8,11-14H2. The van der Waals surface area contributed by atoms with E-state index in [2.05, 4.69) is 45.2 Å². The molecule has 1 saturated heterocycles. The maximum atomic E-state index is 13.2. The number of sulfonamides is 1. The Labute approximate surface area is 175 Å². The van der Waals surface area contributed by atoms with Crippen LogP contribution in [0.3, 0.4) is 0 Å². The van der Waals surface area contributed by atoms with Crippen LogP contribution in [-0.2, 0) is 16.4 Å². The summed E-state index contributed by atoms with van der Waals surface area (Å²) in [6.45, 7) is 1.22. The second-order valence-electron chi connectivity index (χ2n) is 7.57. The molecule has 1 N–H and O–H groups in total. The molecule has 4 nitrogen and oxygen atoms in total. The molecule has 3 aromatic rings. The number of halogens is 1. The zero-order chi connectivity index (χ0) is 19.6. The van der Waals surface area contributed by atoms with E-state index in [0.29, 0.717) is 23.9 Å². The van der Waals surface area contributed by atoms with Crippen molar-refractivity contribution in [3.05, 3.63) is 64.8 Å². The van der Waals surface area contributed by atoms with Gasteiger partial charge in [-0.15, -0.1) is 0 Å². The summed E-state index contributed by atoms with van der Waals surface area (Å²) in [6.07, 6.45) is 6.95. The van der Waals surface area contributed by atoms with Gasteiger partial charge in [-0.1, -0.05) is 52.7 Å². The van der Waals surface area contributed by atoms with Gasteiger partial charge in [0.1, 0.15) is 4.90 Å². The number of nitrogens with zero attached hydrogens (tertiary/aromatic N) is 1. The van der Waals surface area contributed by atoms with Gasteiger partial charge in [0.05, 0.1) is 0 Å². The highest BCUT2D eigenvalue weighted by Crippen LogP contribution is 2.31. The Morgan fingerprint density at radius 1 is 1.07 bits per heavy atom. The van der Waals surface area contributed by atoms with E-state index in [-0.39, 0.29) is 0 Å². The third-order valence-electron chi connectivity index (χ3n) is 5.72. The molecule has 148 valence electrons. The Kier molecular flexibility index (Phi) is 5.90. The lowest BCUT2D eigenvalue weighted by molar-refractivity contribution is 0.260. The van der Waals surface area contributed by atoms with Crippen LogP contribution in [0.1, 0.15) is 31.2 Å². The number of rotatable bonds is 6. The smallest absolute Gasteiger partial charge is 0.245 e. The zero-order valence-corrected chi connectivity index (χ0v) is 18.2. The van der Waals surface area contributed by atoms with E-state index < -0.39 is 10.0 Å². The van der Waals surface area contributed by atoms with Gasteiger partial charge in [-0.25, -0.2) is 8.42 Å². The van der Waals surface area contributed by atoms with Crippen LogP contribution in [0.4, 0.5) is 0 Å². The maximum Gasteiger partial charge on any atom is 0.245 e. The molecule has 1 fully saturated rings. The Morgan fingerprint density at radius 2 is 1.82 bits per heavy atom. The molecule has 0 aliphatic carbocycles. The monoisotopic (exact) mass is 460 g/mol. The Hall–Kier alpha value is -1.63. The normalized spacial score (nSPS) is 16.6. The largest absolute Gasteiger partial charge is 0.360 e. The fourth-order valence-corrected chi connectivity index (χ4v) is 6.08. The summed E-state index contributed by atoms with van der Waals surface area (Å²) in [6, 6.07) is 16.3. The first-order valence-electron chi connectivity index (χ1n) is 9.85. The highest BCUT2D eigenvalue weighted by atomic mass is 79.9. The number of piperidine rings is 1. The molecule has 0 saturated carbocycles. The summed E-state index contributed by atoms with van der Waals surface area (Å²) in [4.78, 5) is 3.47. The second-order valence-corrected chi connectivity index (χ2v) is 10.4. The van der Waals surface area contributed by atoms with Gasteiger partial charge in [0, 0.05) is 34.7 Å². The molecule has 28 heavy (non-hydrogen) atoms. The first-order valence-corrected chi connectivity index (χ1v) is 12.1. The van der Waals surface area contributed by atoms with E-state index in [1.165, 1.54) is 12.0 Å². The van der Waals surface area contributed by atoms with E-state index in [1.54, 1.807) is 10.5 Å². The minimum Gasteiger partial charge on any atom is -0.360 e. The van der Waals surface area contributed by atoms with E-state index in [1.807, 2.05) is 24.3 Å². The minimum absolute atomic E-state index is 0.381. The van der Waals surface area contributed by atoms with Crippen molar-refractivity contribution in [2.75, 3.05) is 13.1 Å². The van der Waals surface area contributed by atoms with Crippen molar-refractivity contribution >= 4 is 36.9 Å². The van der Waals surface area contributed by atoms with Crippen molar-refractivity contribution in [2.24, 2.45) is 5.92 Å². The van der Waals surface area contributed by atoms with Gasteiger partial charge in [-0.2, -0.15) is 4.31 Å². The van der Waals surface area contributed by atoms with E-state index in [0.717, 1.165) is 41.1 Å². The molecule has 0 unspecified atom stereocenters. The fraction of sp³-hybridized carbons (Fsp3) is 0.364. The lowest BCUT2D eigenvalue weighted by Gasteiger charge is -2.31. The molecule has 0 radical (unpaired) electrons. The quantitative estimate of drug-likeness (QED) is 0.538. The lowest BCUT2D eigenvalue weighted by atomic mass is 9.91. The Bertz CT molecular complexity index is 1040. The van der Waals surface area contributed by atoms with Gasteiger partial charge in [0.15, 0.2) is 0 Å². The molecule has 0 amide bonds. The predicted molar refractivity (Wildman–Crippen MR) is 117 cm³/mol. The molecule has 1 aromatic heterocycles. The number of aromatic nitrogens is 1. The van der Waals surface area contributed by atoms with Gasteiger partial charge in [-0.3, -0.25) is 0 Å². The van der Waals surface area contributed by atoms with Crippen LogP contribution in [0.15, 0.2) is 64.1 Å². The molecule has 1 aliphatic heterocycles. The van der Waals surface area contributed by atoms with Gasteiger partial charge in [0.2, 0.25) is 10.0 Å². The van der Waals surface area contributed by atoms with Crippen molar-refractivity contribution in [1.29, 1.82) is 0 Å². The van der Waals surface area contributed by atoms with Gasteiger partial charge in [-0.05, 0) is 55.4 Å². The molecule has 0 atom stereocenters. The molecular formula is C22H25BrN2O2S. The van der Waals surface area contributed by atoms with Crippen molar-refractivity contribution in [2.45, 2.75) is 37.0 Å². The van der Waals surface area contributed by atoms with Crippen LogP contribution in [0.5, 0.6) is 0 Å². The fourth-order valence-electron chi connectivity index (χ4n) is 4.10. The van der Waals surface area contributed by atoms with Crippen LogP contribution >= 0.6 is 15.9 Å². The van der Waals surface area contributed by atoms with Crippen LogP contribution in [0, 0.1) is 5.92 Å². The first-order chi connectivity index (χ1) is 13.5. The summed E-state index contributed by atoms with van der Waals surface area (Å²) in [5.74, 6) is 0.618. The highest BCUT2D eigenvalue weighted by molar-refractivity contribution is 9.10. The molecule has 4 rings (SSSR count). The van der Waals surface area contributed by atoms with Crippen molar-refractivity contribution < 1.29 is 8.42 Å². The average Bonchev–Trinajstić information content (AvgIpc) is 3.13. The SMILES string of the molecule is O=S(=O)(c1c[nH]c2ccc(Br)cc12)N1CCC(CCCc2ccccc2)CC1. The van der Waals surface area contributed by atoms with Gasteiger partial charge in [0.25, 0.3) is 0 Å². The highest BCUT2D eigenvalue weighted by Gasteiger charge is 2.31. The topological polar surface area (TPSA) is 53.2 Å². The number of nitrogens with one attached hydrogen (secondary N) is 1.